The molecule has 0 fully saturated rings. The van der Waals surface area contributed by atoms with Crippen molar-refractivity contribution in [1.82, 2.24) is 0 Å². The minimum atomic E-state index is -1.06. The number of Topliss-reactive ketones (excluding diaryl/α,β-unsaturated/α-hetero) is 1. The van der Waals surface area contributed by atoms with Crippen molar-refractivity contribution in [2.45, 2.75) is 52.4 Å². The van der Waals surface area contributed by atoms with E-state index in [0.717, 1.165) is 11.1 Å². The third kappa shape index (κ3) is 5.13. The van der Waals surface area contributed by atoms with Crippen LogP contribution in [0.4, 0.5) is 16.2 Å². The number of nitrogens with zero attached hydrogens (tertiary/aromatic N) is 1. The molecule has 33 heavy (non-hydrogen) atoms. The number of hydrogen-bond donors (Lipinski definition) is 1. The van der Waals surface area contributed by atoms with E-state index in [-0.39, 0.29) is 22.4 Å². The Morgan fingerprint density at radius 3 is 2.21 bits per heavy atom. The number of anilines is 1. The highest BCUT2D eigenvalue weighted by molar-refractivity contribution is 6.25. The van der Waals surface area contributed by atoms with E-state index in [1.165, 1.54) is 13.3 Å². The molecule has 0 spiro atoms. The number of amides is 1. The Hall–Kier alpha value is -3.48. The molecular formula is C26H30N2O5. The number of ether oxygens (including phenoxy) is 2. The molecule has 1 heterocycles. The molecule has 2 aromatic rings. The average molecular weight is 451 g/mol. The number of carbonyl (C=O) groups excluding carboxylic acids is 3. The van der Waals surface area contributed by atoms with Gasteiger partial charge >= 0.3 is 6.16 Å². The van der Waals surface area contributed by atoms with Crippen LogP contribution in [0, 0.1) is 5.92 Å². The predicted molar refractivity (Wildman–Crippen MR) is 128 cm³/mol. The summed E-state index contributed by atoms with van der Waals surface area (Å²) in [6.07, 6.45) is 0.513. The highest BCUT2D eigenvalue weighted by atomic mass is 16.7. The number of fused-ring (bicyclic) bond motifs is 1. The minimum Gasteiger partial charge on any atom is -0.437 e. The predicted octanol–water partition coefficient (Wildman–Crippen LogP) is 5.58. The molecule has 1 amide bonds. The molecule has 0 aliphatic carbocycles. The van der Waals surface area contributed by atoms with Crippen molar-refractivity contribution >= 4 is 35.4 Å². The third-order valence-electron chi connectivity index (χ3n) is 5.45. The summed E-state index contributed by atoms with van der Waals surface area (Å²) in [6.45, 7) is 12.1. The molecule has 7 nitrogen and oxygen atoms in total. The van der Waals surface area contributed by atoms with Crippen LogP contribution >= 0.6 is 0 Å². The van der Waals surface area contributed by atoms with Crippen LogP contribution < -0.4 is 10.1 Å². The molecule has 0 saturated heterocycles. The summed E-state index contributed by atoms with van der Waals surface area (Å²) in [5, 5.41) is 2.88. The molecular weight excluding hydrogens is 420 g/mol. The Morgan fingerprint density at radius 1 is 0.970 bits per heavy atom. The van der Waals surface area contributed by atoms with E-state index < -0.39 is 18.0 Å². The quantitative estimate of drug-likeness (QED) is 0.374. The molecule has 174 valence electrons. The van der Waals surface area contributed by atoms with Crippen molar-refractivity contribution in [3.8, 4) is 5.75 Å². The summed E-state index contributed by atoms with van der Waals surface area (Å²) in [6, 6.07) is 10.5. The van der Waals surface area contributed by atoms with Gasteiger partial charge in [-0.2, -0.15) is 0 Å². The van der Waals surface area contributed by atoms with Gasteiger partial charge < -0.3 is 14.8 Å². The van der Waals surface area contributed by atoms with Crippen LogP contribution in [0.3, 0.4) is 0 Å². The lowest BCUT2D eigenvalue weighted by Crippen LogP contribution is -2.33. The second-order valence-electron chi connectivity index (χ2n) is 10.1. The summed E-state index contributed by atoms with van der Waals surface area (Å²) < 4.78 is 10.1. The van der Waals surface area contributed by atoms with Crippen LogP contribution in [0.1, 0.15) is 63.0 Å². The second-order valence-corrected chi connectivity index (χ2v) is 10.1. The summed E-state index contributed by atoms with van der Waals surface area (Å²) in [5.41, 5.74) is 2.36. The SMILES string of the molecule is COC(=O)Oc1cc(NC(=O)C2C=Nc3ccccc3C2=O)c(C(C)(C)C)cc1C(C)(C)C. The smallest absolute Gasteiger partial charge is 0.437 e. The molecule has 0 aromatic heterocycles. The monoisotopic (exact) mass is 450 g/mol. The maximum absolute atomic E-state index is 13.2. The zero-order valence-corrected chi connectivity index (χ0v) is 20.1. The maximum Gasteiger partial charge on any atom is 0.513 e. The Kier molecular flexibility index (Phi) is 6.45. The van der Waals surface area contributed by atoms with E-state index in [1.807, 2.05) is 47.6 Å². The first-order valence-electron chi connectivity index (χ1n) is 10.8. The molecule has 0 bridgehead atoms. The van der Waals surface area contributed by atoms with Crippen LogP contribution in [0.2, 0.25) is 0 Å². The first-order chi connectivity index (χ1) is 15.3. The van der Waals surface area contributed by atoms with E-state index in [4.69, 9.17) is 4.74 Å². The first kappa shape index (κ1) is 24.2. The van der Waals surface area contributed by atoms with Gasteiger partial charge in [-0.3, -0.25) is 14.6 Å². The number of methoxy groups -OCH3 is 1. The third-order valence-corrected chi connectivity index (χ3v) is 5.45. The lowest BCUT2D eigenvalue weighted by atomic mass is 9.79. The van der Waals surface area contributed by atoms with E-state index in [2.05, 4.69) is 15.0 Å². The van der Waals surface area contributed by atoms with E-state index in [1.54, 1.807) is 30.3 Å². The Labute approximate surface area is 194 Å². The fourth-order valence-electron chi connectivity index (χ4n) is 3.69. The summed E-state index contributed by atoms with van der Waals surface area (Å²) in [7, 11) is 1.23. The zero-order valence-electron chi connectivity index (χ0n) is 20.1. The van der Waals surface area contributed by atoms with Crippen LogP contribution in [0.5, 0.6) is 5.75 Å². The number of carbonyl (C=O) groups is 3. The van der Waals surface area contributed by atoms with Gasteiger partial charge in [0.25, 0.3) is 0 Å². The molecule has 2 aromatic carbocycles. The van der Waals surface area contributed by atoms with Crippen molar-refractivity contribution in [1.29, 1.82) is 0 Å². The molecule has 7 heteroatoms. The van der Waals surface area contributed by atoms with E-state index in [0.29, 0.717) is 16.9 Å². The van der Waals surface area contributed by atoms with Gasteiger partial charge in [0.15, 0.2) is 5.78 Å². The Morgan fingerprint density at radius 2 is 1.61 bits per heavy atom. The molecule has 1 unspecified atom stereocenters. The highest BCUT2D eigenvalue weighted by Crippen LogP contribution is 2.40. The number of hydrogen-bond acceptors (Lipinski definition) is 6. The van der Waals surface area contributed by atoms with Crippen molar-refractivity contribution in [2.24, 2.45) is 10.9 Å². The molecule has 1 aliphatic heterocycles. The fourth-order valence-corrected chi connectivity index (χ4v) is 3.69. The van der Waals surface area contributed by atoms with Gasteiger partial charge in [0.1, 0.15) is 11.7 Å². The molecule has 0 saturated carbocycles. The van der Waals surface area contributed by atoms with Gasteiger partial charge in [-0.1, -0.05) is 53.7 Å². The van der Waals surface area contributed by atoms with E-state index >= 15 is 0 Å². The number of ketones is 1. The van der Waals surface area contributed by atoms with Crippen molar-refractivity contribution in [3.63, 3.8) is 0 Å². The number of nitrogens with one attached hydrogen (secondary N) is 1. The minimum absolute atomic E-state index is 0.284. The number of rotatable bonds is 3. The van der Waals surface area contributed by atoms with Gasteiger partial charge in [-0.15, -0.1) is 0 Å². The number of para-hydroxylation sites is 1. The zero-order chi connectivity index (χ0) is 24.6. The number of aliphatic imine (C=N–C) groups is 1. The standard InChI is InChI=1S/C26H30N2O5/c1-25(2,3)17-12-18(26(4,5)6)21(33-24(31)32-7)13-20(17)28-23(30)16-14-27-19-11-9-8-10-15(19)22(16)29/h8-14,16H,1-7H3,(H,28,30). The fraction of sp³-hybridized carbons (Fsp3) is 0.385. The average Bonchev–Trinajstić information content (AvgIpc) is 2.72. The van der Waals surface area contributed by atoms with Gasteiger partial charge in [-0.05, 0) is 34.6 Å². The molecule has 1 atom stereocenters. The van der Waals surface area contributed by atoms with Gasteiger partial charge in [0.2, 0.25) is 5.91 Å². The molecule has 0 radical (unpaired) electrons. The topological polar surface area (TPSA) is 94.1 Å². The molecule has 1 N–H and O–H groups in total. The summed E-state index contributed by atoms with van der Waals surface area (Å²) >= 11 is 0. The summed E-state index contributed by atoms with van der Waals surface area (Å²) in [4.78, 5) is 42.3. The van der Waals surface area contributed by atoms with E-state index in [9.17, 15) is 14.4 Å². The highest BCUT2D eigenvalue weighted by Gasteiger charge is 2.33. The Bertz CT molecular complexity index is 1140. The second kappa shape index (κ2) is 8.81. The van der Waals surface area contributed by atoms with Crippen LogP contribution in [-0.2, 0) is 20.4 Å². The number of benzene rings is 2. The maximum atomic E-state index is 13.2. The van der Waals surface area contributed by atoms with Gasteiger partial charge in [0.05, 0.1) is 12.8 Å². The Balaban J connectivity index is 2.04. The van der Waals surface area contributed by atoms with Gasteiger partial charge in [-0.25, -0.2) is 4.79 Å². The summed E-state index contributed by atoms with van der Waals surface area (Å²) in [5.74, 6) is -1.59. The van der Waals surface area contributed by atoms with Crippen LogP contribution in [0.15, 0.2) is 41.4 Å². The van der Waals surface area contributed by atoms with Crippen molar-refractivity contribution in [3.05, 3.63) is 53.1 Å². The lowest BCUT2D eigenvalue weighted by Gasteiger charge is -2.29. The molecule has 1 aliphatic rings. The lowest BCUT2D eigenvalue weighted by molar-refractivity contribution is -0.116. The van der Waals surface area contributed by atoms with Crippen LogP contribution in [0.25, 0.3) is 0 Å². The van der Waals surface area contributed by atoms with Crippen LogP contribution in [-0.4, -0.2) is 31.2 Å². The molecule has 3 rings (SSSR count). The normalized spacial score (nSPS) is 15.6. The van der Waals surface area contributed by atoms with Gasteiger partial charge in [0, 0.05) is 29.1 Å². The van der Waals surface area contributed by atoms with Crippen molar-refractivity contribution < 1.29 is 23.9 Å². The largest absolute Gasteiger partial charge is 0.513 e. The van der Waals surface area contributed by atoms with Crippen molar-refractivity contribution in [2.75, 3.05) is 12.4 Å². The first-order valence-corrected chi connectivity index (χ1v) is 10.8.